The van der Waals surface area contributed by atoms with Gasteiger partial charge in [0, 0.05) is 12.6 Å². The summed E-state index contributed by atoms with van der Waals surface area (Å²) < 4.78 is 18.5. The lowest BCUT2D eigenvalue weighted by molar-refractivity contribution is -0.0217. The SMILES string of the molecule is CCOC(=O)c1cnc2c(c1)=CCC(O)(F)C=2Br. The minimum atomic E-state index is -2.44. The monoisotopic (exact) mass is 315 g/mol. The largest absolute Gasteiger partial charge is 0.462 e. The molecule has 18 heavy (non-hydrogen) atoms. The first-order valence-corrected chi connectivity index (χ1v) is 6.20. The zero-order valence-corrected chi connectivity index (χ0v) is 11.2. The fourth-order valence-electron chi connectivity index (χ4n) is 1.66. The lowest BCUT2D eigenvalue weighted by Gasteiger charge is -2.19. The summed E-state index contributed by atoms with van der Waals surface area (Å²) in [5.41, 5.74) is 0.302. The van der Waals surface area contributed by atoms with Crippen LogP contribution in [0.1, 0.15) is 23.7 Å². The molecule has 1 unspecified atom stereocenters. The molecule has 0 bridgehead atoms. The molecule has 0 saturated carbocycles. The van der Waals surface area contributed by atoms with Crippen LogP contribution in [0.5, 0.6) is 0 Å². The van der Waals surface area contributed by atoms with Crippen molar-refractivity contribution in [2.24, 2.45) is 0 Å². The predicted octanol–water partition coefficient (Wildman–Crippen LogP) is 0.604. The van der Waals surface area contributed by atoms with Crippen LogP contribution in [-0.2, 0) is 4.74 Å². The van der Waals surface area contributed by atoms with Crippen LogP contribution in [0.3, 0.4) is 0 Å². The maximum absolute atomic E-state index is 13.6. The van der Waals surface area contributed by atoms with Crippen molar-refractivity contribution < 1.29 is 19.0 Å². The van der Waals surface area contributed by atoms with Crippen molar-refractivity contribution in [3.63, 3.8) is 0 Å². The molecule has 0 fully saturated rings. The fourth-order valence-corrected chi connectivity index (χ4v) is 2.16. The molecule has 0 aliphatic heterocycles. The van der Waals surface area contributed by atoms with E-state index in [9.17, 15) is 14.3 Å². The number of hydrogen-bond acceptors (Lipinski definition) is 4. The summed E-state index contributed by atoms with van der Waals surface area (Å²) in [5, 5.41) is 10.3. The highest BCUT2D eigenvalue weighted by Gasteiger charge is 2.32. The second-order valence-corrected chi connectivity index (χ2v) is 4.66. The van der Waals surface area contributed by atoms with Crippen molar-refractivity contribution in [1.82, 2.24) is 4.98 Å². The molecule has 0 radical (unpaired) electrons. The van der Waals surface area contributed by atoms with E-state index in [1.807, 2.05) is 0 Å². The zero-order chi connectivity index (χ0) is 13.3. The number of alkyl halides is 1. The first kappa shape index (κ1) is 13.2. The van der Waals surface area contributed by atoms with Crippen LogP contribution in [-0.4, -0.2) is 28.5 Å². The fraction of sp³-hybridized carbons (Fsp3) is 0.333. The second-order valence-electron chi connectivity index (χ2n) is 3.86. The van der Waals surface area contributed by atoms with Gasteiger partial charge in [-0.1, -0.05) is 6.08 Å². The summed E-state index contributed by atoms with van der Waals surface area (Å²) in [5.74, 6) is -2.91. The van der Waals surface area contributed by atoms with E-state index < -0.39 is 11.8 Å². The highest BCUT2D eigenvalue weighted by atomic mass is 79.9. The summed E-state index contributed by atoms with van der Waals surface area (Å²) >= 11 is 2.99. The molecule has 0 spiro atoms. The van der Waals surface area contributed by atoms with Gasteiger partial charge in [0.05, 0.1) is 22.0 Å². The lowest BCUT2D eigenvalue weighted by Crippen LogP contribution is -2.40. The molecule has 1 N–H and O–H groups in total. The molecule has 0 amide bonds. The molecule has 4 nitrogen and oxygen atoms in total. The number of esters is 1. The van der Waals surface area contributed by atoms with Crippen LogP contribution < -0.4 is 10.6 Å². The van der Waals surface area contributed by atoms with Gasteiger partial charge in [-0.3, -0.25) is 4.98 Å². The number of hydrogen-bond donors (Lipinski definition) is 1. The average Bonchev–Trinajstić information content (AvgIpc) is 2.34. The Hall–Kier alpha value is -1.27. The number of carbonyl (C=O) groups is 1. The van der Waals surface area contributed by atoms with Gasteiger partial charge in [-0.05, 0) is 34.1 Å². The molecule has 1 atom stereocenters. The Kier molecular flexibility index (Phi) is 3.49. The Balaban J connectivity index is 2.54. The van der Waals surface area contributed by atoms with Gasteiger partial charge in [0.15, 0.2) is 0 Å². The average molecular weight is 316 g/mol. The third-order valence-electron chi connectivity index (χ3n) is 2.57. The molecule has 1 aromatic rings. The number of fused-ring (bicyclic) bond motifs is 1. The molecular weight excluding hydrogens is 305 g/mol. The van der Waals surface area contributed by atoms with E-state index in [0.29, 0.717) is 16.1 Å². The zero-order valence-electron chi connectivity index (χ0n) is 9.61. The summed E-state index contributed by atoms with van der Waals surface area (Å²) in [4.78, 5) is 15.5. The highest BCUT2D eigenvalue weighted by Crippen LogP contribution is 2.29. The molecule has 0 aromatic carbocycles. The molecule has 1 aliphatic carbocycles. The van der Waals surface area contributed by atoms with Crippen LogP contribution in [0, 0.1) is 0 Å². The van der Waals surface area contributed by atoms with Crippen LogP contribution in [0.15, 0.2) is 12.3 Å². The van der Waals surface area contributed by atoms with Crippen molar-refractivity contribution in [3.8, 4) is 0 Å². The number of aromatic nitrogens is 1. The number of ether oxygens (including phenoxy) is 1. The van der Waals surface area contributed by atoms with Crippen molar-refractivity contribution in [2.75, 3.05) is 6.61 Å². The van der Waals surface area contributed by atoms with E-state index in [2.05, 4.69) is 20.9 Å². The van der Waals surface area contributed by atoms with E-state index in [1.165, 1.54) is 12.3 Å². The van der Waals surface area contributed by atoms with Crippen molar-refractivity contribution in [2.45, 2.75) is 19.2 Å². The Bertz CT molecular complexity index is 612. The summed E-state index contributed by atoms with van der Waals surface area (Å²) in [6.07, 6.45) is 2.61. The van der Waals surface area contributed by atoms with Gasteiger partial charge < -0.3 is 9.84 Å². The van der Waals surface area contributed by atoms with Gasteiger partial charge in [0.2, 0.25) is 5.85 Å². The third-order valence-corrected chi connectivity index (χ3v) is 3.55. The van der Waals surface area contributed by atoms with E-state index >= 15 is 0 Å². The molecule has 2 rings (SSSR count). The Morgan fingerprint density at radius 2 is 2.44 bits per heavy atom. The smallest absolute Gasteiger partial charge is 0.339 e. The summed E-state index contributed by atoms with van der Waals surface area (Å²) in [6.45, 7) is 1.99. The third kappa shape index (κ3) is 2.30. The Morgan fingerprint density at radius 1 is 1.72 bits per heavy atom. The molecule has 6 heteroatoms. The highest BCUT2D eigenvalue weighted by molar-refractivity contribution is 9.15. The van der Waals surface area contributed by atoms with Crippen LogP contribution >= 0.6 is 15.9 Å². The summed E-state index contributed by atoms with van der Waals surface area (Å²) in [6, 6.07) is 1.57. The van der Waals surface area contributed by atoms with Gasteiger partial charge in [0.1, 0.15) is 0 Å². The second kappa shape index (κ2) is 4.78. The predicted molar refractivity (Wildman–Crippen MR) is 66.9 cm³/mol. The van der Waals surface area contributed by atoms with E-state index in [-0.39, 0.29) is 17.5 Å². The quantitative estimate of drug-likeness (QED) is 0.812. The minimum Gasteiger partial charge on any atom is -0.462 e. The van der Waals surface area contributed by atoms with Crippen LogP contribution in [0.4, 0.5) is 4.39 Å². The maximum atomic E-state index is 13.6. The Morgan fingerprint density at radius 3 is 3.11 bits per heavy atom. The number of halogens is 2. The normalized spacial score (nSPS) is 22.1. The van der Waals surface area contributed by atoms with Gasteiger partial charge in [-0.2, -0.15) is 0 Å². The van der Waals surface area contributed by atoms with E-state index in [4.69, 9.17) is 4.74 Å². The molecule has 1 heterocycles. The number of carbonyl (C=O) groups excluding carboxylic acids is 1. The number of rotatable bonds is 2. The molecular formula is C12H11BrFNO3. The van der Waals surface area contributed by atoms with Crippen molar-refractivity contribution >= 4 is 32.5 Å². The molecule has 0 saturated heterocycles. The van der Waals surface area contributed by atoms with Gasteiger partial charge in [-0.25, -0.2) is 9.18 Å². The van der Waals surface area contributed by atoms with Crippen molar-refractivity contribution in [1.29, 1.82) is 0 Å². The molecule has 1 aromatic heterocycles. The number of aliphatic hydroxyl groups is 1. The lowest BCUT2D eigenvalue weighted by atomic mass is 10.1. The van der Waals surface area contributed by atoms with Gasteiger partial charge in [0.25, 0.3) is 0 Å². The van der Waals surface area contributed by atoms with Gasteiger partial charge in [-0.15, -0.1) is 0 Å². The van der Waals surface area contributed by atoms with Crippen LogP contribution in [0.2, 0.25) is 0 Å². The summed E-state index contributed by atoms with van der Waals surface area (Å²) in [7, 11) is 0. The Labute approximate surface area is 111 Å². The standard InChI is InChI=1S/C12H11BrFNO3/c1-2-18-11(16)8-5-7-3-4-12(14,17)10(13)9(7)15-6-8/h3,5-6,17H,2,4H2,1H3. The van der Waals surface area contributed by atoms with E-state index in [1.54, 1.807) is 13.0 Å². The topological polar surface area (TPSA) is 59.4 Å². The minimum absolute atomic E-state index is 0.0251. The first-order chi connectivity index (χ1) is 8.45. The number of nitrogens with zero attached hydrogens (tertiary/aromatic N) is 1. The van der Waals surface area contributed by atoms with E-state index in [0.717, 1.165) is 0 Å². The number of pyridine rings is 1. The van der Waals surface area contributed by atoms with Gasteiger partial charge >= 0.3 is 5.97 Å². The maximum Gasteiger partial charge on any atom is 0.339 e. The first-order valence-electron chi connectivity index (χ1n) is 5.40. The van der Waals surface area contributed by atoms with Crippen molar-refractivity contribution in [3.05, 3.63) is 28.4 Å². The molecule has 96 valence electrons. The van der Waals surface area contributed by atoms with Crippen LogP contribution in [0.25, 0.3) is 10.6 Å². The molecule has 1 aliphatic rings.